The number of hydrogen-bond donors (Lipinski definition) is 0. The first kappa shape index (κ1) is 15.8. The summed E-state index contributed by atoms with van der Waals surface area (Å²) in [5.74, 6) is 0.190. The third kappa shape index (κ3) is 5.49. The molecule has 5 nitrogen and oxygen atoms in total. The maximum Gasteiger partial charge on any atom is 0.410 e. The minimum atomic E-state index is -0.232. The Balaban J connectivity index is 2.28. The van der Waals surface area contributed by atoms with Gasteiger partial charge >= 0.3 is 12.1 Å². The zero-order chi connectivity index (χ0) is 14.3. The number of carbonyl (C=O) groups is 2. The first-order valence-corrected chi connectivity index (χ1v) is 7.18. The number of carbonyl (C=O) groups excluding carboxylic acids is 2. The Morgan fingerprint density at radius 1 is 1.26 bits per heavy atom. The molecule has 0 N–H and O–H groups in total. The summed E-state index contributed by atoms with van der Waals surface area (Å²) in [6.45, 7) is 7.46. The highest BCUT2D eigenvalue weighted by Gasteiger charge is 2.26. The Bertz CT molecular complexity index is 298. The number of likely N-dealkylation sites (tertiary alicyclic amines) is 1. The molecule has 1 amide bonds. The van der Waals surface area contributed by atoms with E-state index in [9.17, 15) is 9.59 Å². The molecular weight excluding hydrogens is 246 g/mol. The molecule has 0 spiro atoms. The predicted octanol–water partition coefficient (Wildman–Crippen LogP) is 2.59. The van der Waals surface area contributed by atoms with Gasteiger partial charge in [0.15, 0.2) is 0 Å². The van der Waals surface area contributed by atoms with Gasteiger partial charge in [0, 0.05) is 19.5 Å². The van der Waals surface area contributed by atoms with Crippen LogP contribution in [-0.2, 0) is 14.3 Å². The monoisotopic (exact) mass is 271 g/mol. The van der Waals surface area contributed by atoms with Crippen molar-refractivity contribution in [3.8, 4) is 0 Å². The van der Waals surface area contributed by atoms with E-state index < -0.39 is 0 Å². The molecule has 0 bridgehead atoms. The second-order valence-electron chi connectivity index (χ2n) is 5.04. The maximum absolute atomic E-state index is 11.8. The zero-order valence-corrected chi connectivity index (χ0v) is 12.2. The molecule has 0 aliphatic carbocycles. The number of piperidine rings is 1. The first-order chi connectivity index (χ1) is 9.06. The van der Waals surface area contributed by atoms with Crippen LogP contribution in [-0.4, -0.2) is 42.8 Å². The van der Waals surface area contributed by atoms with Crippen molar-refractivity contribution in [3.05, 3.63) is 0 Å². The summed E-state index contributed by atoms with van der Waals surface area (Å²) < 4.78 is 10.2. The van der Waals surface area contributed by atoms with Gasteiger partial charge in [-0.2, -0.15) is 0 Å². The fraction of sp³-hybridized carbons (Fsp3) is 0.857. The summed E-state index contributed by atoms with van der Waals surface area (Å²) in [5.41, 5.74) is 0. The highest BCUT2D eigenvalue weighted by molar-refractivity contribution is 5.70. The van der Waals surface area contributed by atoms with Crippen LogP contribution in [0.4, 0.5) is 4.79 Å². The number of ether oxygens (including phenoxy) is 2. The molecule has 1 fully saturated rings. The van der Waals surface area contributed by atoms with Crippen LogP contribution in [0, 0.1) is 5.92 Å². The molecule has 19 heavy (non-hydrogen) atoms. The zero-order valence-electron chi connectivity index (χ0n) is 12.2. The second-order valence-corrected chi connectivity index (χ2v) is 5.04. The summed E-state index contributed by atoms with van der Waals surface area (Å²) in [7, 11) is 0. The van der Waals surface area contributed by atoms with Gasteiger partial charge in [0.1, 0.15) is 6.10 Å². The smallest absolute Gasteiger partial charge is 0.410 e. The van der Waals surface area contributed by atoms with Crippen molar-refractivity contribution in [1.29, 1.82) is 0 Å². The van der Waals surface area contributed by atoms with Gasteiger partial charge < -0.3 is 14.4 Å². The van der Waals surface area contributed by atoms with Crippen molar-refractivity contribution >= 4 is 12.1 Å². The van der Waals surface area contributed by atoms with E-state index in [2.05, 4.69) is 0 Å². The van der Waals surface area contributed by atoms with Crippen molar-refractivity contribution in [2.45, 2.75) is 52.6 Å². The average molecular weight is 271 g/mol. The predicted molar refractivity (Wildman–Crippen MR) is 71.8 cm³/mol. The van der Waals surface area contributed by atoms with Gasteiger partial charge in [0.05, 0.1) is 6.61 Å². The molecule has 1 rings (SSSR count). The van der Waals surface area contributed by atoms with Crippen LogP contribution < -0.4 is 0 Å². The van der Waals surface area contributed by atoms with Crippen molar-refractivity contribution in [2.24, 2.45) is 5.92 Å². The second kappa shape index (κ2) is 8.02. The van der Waals surface area contributed by atoms with E-state index in [-0.39, 0.29) is 18.2 Å². The number of amides is 1. The van der Waals surface area contributed by atoms with E-state index in [0.29, 0.717) is 32.0 Å². The van der Waals surface area contributed by atoms with Crippen molar-refractivity contribution in [2.75, 3.05) is 19.7 Å². The molecule has 0 saturated carbocycles. The van der Waals surface area contributed by atoms with E-state index in [4.69, 9.17) is 9.47 Å². The van der Waals surface area contributed by atoms with Gasteiger partial charge in [-0.25, -0.2) is 4.79 Å². The Labute approximate surface area is 115 Å². The minimum Gasteiger partial charge on any atom is -0.466 e. The van der Waals surface area contributed by atoms with E-state index >= 15 is 0 Å². The molecule has 0 radical (unpaired) electrons. The number of hydrogen-bond acceptors (Lipinski definition) is 4. The fourth-order valence-electron chi connectivity index (χ4n) is 2.11. The van der Waals surface area contributed by atoms with Crippen LogP contribution in [0.25, 0.3) is 0 Å². The third-order valence-electron chi connectivity index (χ3n) is 3.51. The molecule has 0 aromatic rings. The fourth-order valence-corrected chi connectivity index (χ4v) is 2.11. The number of nitrogens with zero attached hydrogens (tertiary/aromatic N) is 1. The molecule has 5 heteroatoms. The maximum atomic E-state index is 11.8. The molecule has 1 saturated heterocycles. The van der Waals surface area contributed by atoms with Gasteiger partial charge in [0.2, 0.25) is 0 Å². The van der Waals surface area contributed by atoms with Crippen LogP contribution >= 0.6 is 0 Å². The SMILES string of the molecule is CCOC(=O)CC1CCN(C(=O)OC(C)CC)CC1. The molecule has 110 valence electrons. The summed E-state index contributed by atoms with van der Waals surface area (Å²) in [4.78, 5) is 24.9. The van der Waals surface area contributed by atoms with Crippen LogP contribution in [0.3, 0.4) is 0 Å². The van der Waals surface area contributed by atoms with Gasteiger partial charge in [0.25, 0.3) is 0 Å². The lowest BCUT2D eigenvalue weighted by atomic mass is 9.94. The Kier molecular flexibility index (Phi) is 6.67. The highest BCUT2D eigenvalue weighted by atomic mass is 16.6. The lowest BCUT2D eigenvalue weighted by molar-refractivity contribution is -0.144. The highest BCUT2D eigenvalue weighted by Crippen LogP contribution is 2.21. The lowest BCUT2D eigenvalue weighted by Crippen LogP contribution is -2.40. The third-order valence-corrected chi connectivity index (χ3v) is 3.51. The van der Waals surface area contributed by atoms with Crippen molar-refractivity contribution < 1.29 is 19.1 Å². The number of esters is 1. The largest absolute Gasteiger partial charge is 0.466 e. The summed E-state index contributed by atoms with van der Waals surface area (Å²) in [5, 5.41) is 0. The molecule has 0 aromatic carbocycles. The van der Waals surface area contributed by atoms with Gasteiger partial charge in [-0.05, 0) is 39.0 Å². The van der Waals surface area contributed by atoms with Gasteiger partial charge in [-0.1, -0.05) is 6.92 Å². The van der Waals surface area contributed by atoms with E-state index in [0.717, 1.165) is 19.3 Å². The molecule has 0 aromatic heterocycles. The standard InChI is InChI=1S/C14H25NO4/c1-4-11(3)19-14(17)15-8-6-12(7-9-15)10-13(16)18-5-2/h11-12H,4-10H2,1-3H3. The van der Waals surface area contributed by atoms with Crippen LogP contribution in [0.5, 0.6) is 0 Å². The van der Waals surface area contributed by atoms with Crippen molar-refractivity contribution in [3.63, 3.8) is 0 Å². The van der Waals surface area contributed by atoms with Crippen molar-refractivity contribution in [1.82, 2.24) is 4.90 Å². The molecule has 1 heterocycles. The van der Waals surface area contributed by atoms with E-state index in [1.54, 1.807) is 4.90 Å². The Morgan fingerprint density at radius 2 is 1.89 bits per heavy atom. The quantitative estimate of drug-likeness (QED) is 0.721. The number of rotatable bonds is 5. The average Bonchev–Trinajstić information content (AvgIpc) is 2.39. The first-order valence-electron chi connectivity index (χ1n) is 7.18. The summed E-state index contributed by atoms with van der Waals surface area (Å²) >= 11 is 0. The van der Waals surface area contributed by atoms with Gasteiger partial charge in [-0.15, -0.1) is 0 Å². The van der Waals surface area contributed by atoms with Gasteiger partial charge in [-0.3, -0.25) is 4.79 Å². The summed E-state index contributed by atoms with van der Waals surface area (Å²) in [6.07, 6.45) is 2.70. The topological polar surface area (TPSA) is 55.8 Å². The van der Waals surface area contributed by atoms with Crippen LogP contribution in [0.15, 0.2) is 0 Å². The molecule has 1 aliphatic rings. The molecule has 1 unspecified atom stereocenters. The van der Waals surface area contributed by atoms with E-state index in [1.807, 2.05) is 20.8 Å². The minimum absolute atomic E-state index is 0.0373. The van der Waals surface area contributed by atoms with Crippen LogP contribution in [0.2, 0.25) is 0 Å². The molecular formula is C14H25NO4. The normalized spacial score (nSPS) is 17.9. The molecule has 1 aliphatic heterocycles. The Morgan fingerprint density at radius 3 is 2.42 bits per heavy atom. The lowest BCUT2D eigenvalue weighted by Gasteiger charge is -2.31. The molecule has 1 atom stereocenters. The summed E-state index contributed by atoms with van der Waals surface area (Å²) in [6, 6.07) is 0. The Hall–Kier alpha value is -1.26. The van der Waals surface area contributed by atoms with E-state index in [1.165, 1.54) is 0 Å². The van der Waals surface area contributed by atoms with Crippen LogP contribution in [0.1, 0.15) is 46.5 Å².